The first-order valence-corrected chi connectivity index (χ1v) is 7.47. The standard InChI is InChI=1S/C16H25FN2O/c1-3-18-11-13-10-14(17)6-7-15(13)19(2)12-16(20)8-4-5-9-16/h6-7,10,18,20H,3-5,8-9,11-12H2,1-2H3. The minimum absolute atomic E-state index is 0.213. The number of rotatable bonds is 6. The monoisotopic (exact) mass is 280 g/mol. The van der Waals surface area contributed by atoms with Gasteiger partial charge in [-0.1, -0.05) is 19.8 Å². The minimum Gasteiger partial charge on any atom is -0.388 e. The van der Waals surface area contributed by atoms with E-state index in [1.54, 1.807) is 12.1 Å². The lowest BCUT2D eigenvalue weighted by Gasteiger charge is -2.31. The molecule has 0 bridgehead atoms. The molecular formula is C16H25FN2O. The van der Waals surface area contributed by atoms with Gasteiger partial charge < -0.3 is 15.3 Å². The van der Waals surface area contributed by atoms with Crippen molar-refractivity contribution in [2.24, 2.45) is 0 Å². The van der Waals surface area contributed by atoms with Crippen LogP contribution < -0.4 is 10.2 Å². The van der Waals surface area contributed by atoms with Gasteiger partial charge in [-0.3, -0.25) is 0 Å². The first kappa shape index (κ1) is 15.3. The van der Waals surface area contributed by atoms with Gasteiger partial charge in [0.05, 0.1) is 5.60 Å². The van der Waals surface area contributed by atoms with Gasteiger partial charge in [0, 0.05) is 25.8 Å². The van der Waals surface area contributed by atoms with E-state index in [4.69, 9.17) is 0 Å². The van der Waals surface area contributed by atoms with Gasteiger partial charge in [-0.2, -0.15) is 0 Å². The van der Waals surface area contributed by atoms with Gasteiger partial charge in [0.1, 0.15) is 5.82 Å². The van der Waals surface area contributed by atoms with E-state index in [0.717, 1.165) is 43.5 Å². The molecule has 0 saturated heterocycles. The van der Waals surface area contributed by atoms with Crippen molar-refractivity contribution in [2.75, 3.05) is 25.0 Å². The zero-order valence-corrected chi connectivity index (χ0v) is 12.5. The molecule has 20 heavy (non-hydrogen) atoms. The molecular weight excluding hydrogens is 255 g/mol. The minimum atomic E-state index is -0.585. The Hall–Kier alpha value is -1.13. The maximum atomic E-state index is 13.4. The SMILES string of the molecule is CCNCc1cc(F)ccc1N(C)CC1(O)CCCC1. The second kappa shape index (κ2) is 6.55. The molecule has 0 unspecified atom stereocenters. The molecule has 1 aliphatic rings. The number of anilines is 1. The Labute approximate surface area is 120 Å². The third-order valence-electron chi connectivity index (χ3n) is 4.08. The molecule has 0 aromatic heterocycles. The summed E-state index contributed by atoms with van der Waals surface area (Å²) in [6.07, 6.45) is 3.91. The molecule has 0 spiro atoms. The highest BCUT2D eigenvalue weighted by molar-refractivity contribution is 5.53. The number of halogens is 1. The largest absolute Gasteiger partial charge is 0.388 e. The van der Waals surface area contributed by atoms with Gasteiger partial charge in [-0.25, -0.2) is 4.39 Å². The van der Waals surface area contributed by atoms with Crippen molar-refractivity contribution >= 4 is 5.69 Å². The fourth-order valence-electron chi connectivity index (χ4n) is 3.05. The highest BCUT2D eigenvalue weighted by Gasteiger charge is 2.32. The van der Waals surface area contributed by atoms with Crippen molar-refractivity contribution in [3.05, 3.63) is 29.6 Å². The lowest BCUT2D eigenvalue weighted by Crippen LogP contribution is -2.39. The molecule has 0 aliphatic heterocycles. The summed E-state index contributed by atoms with van der Waals surface area (Å²) in [7, 11) is 1.97. The molecule has 0 heterocycles. The zero-order chi connectivity index (χ0) is 14.6. The van der Waals surface area contributed by atoms with Crippen LogP contribution >= 0.6 is 0 Å². The van der Waals surface area contributed by atoms with Crippen LogP contribution in [0.25, 0.3) is 0 Å². The Morgan fingerprint density at radius 3 is 2.70 bits per heavy atom. The van der Waals surface area contributed by atoms with Crippen molar-refractivity contribution in [3.63, 3.8) is 0 Å². The fraction of sp³-hybridized carbons (Fsp3) is 0.625. The van der Waals surface area contributed by atoms with Gasteiger partial charge >= 0.3 is 0 Å². The number of hydrogen-bond acceptors (Lipinski definition) is 3. The lowest BCUT2D eigenvalue weighted by molar-refractivity contribution is 0.0559. The Morgan fingerprint density at radius 2 is 2.05 bits per heavy atom. The van der Waals surface area contributed by atoms with E-state index in [2.05, 4.69) is 10.2 Å². The quantitative estimate of drug-likeness (QED) is 0.841. The van der Waals surface area contributed by atoms with E-state index in [9.17, 15) is 9.50 Å². The molecule has 1 saturated carbocycles. The summed E-state index contributed by atoms with van der Waals surface area (Å²) in [5, 5.41) is 13.7. The summed E-state index contributed by atoms with van der Waals surface area (Å²) in [5.74, 6) is -0.213. The van der Waals surface area contributed by atoms with Gasteiger partial charge in [0.25, 0.3) is 0 Å². The maximum absolute atomic E-state index is 13.4. The Balaban J connectivity index is 2.13. The fourth-order valence-corrected chi connectivity index (χ4v) is 3.05. The Bertz CT molecular complexity index is 444. The Morgan fingerprint density at radius 1 is 1.35 bits per heavy atom. The number of benzene rings is 1. The smallest absolute Gasteiger partial charge is 0.123 e. The molecule has 0 radical (unpaired) electrons. The van der Waals surface area contributed by atoms with Gasteiger partial charge in [-0.15, -0.1) is 0 Å². The van der Waals surface area contributed by atoms with Crippen LogP contribution in [0, 0.1) is 5.82 Å². The van der Waals surface area contributed by atoms with E-state index in [1.165, 1.54) is 6.07 Å². The summed E-state index contributed by atoms with van der Waals surface area (Å²) in [4.78, 5) is 2.05. The first-order chi connectivity index (χ1) is 9.54. The molecule has 0 amide bonds. The zero-order valence-electron chi connectivity index (χ0n) is 12.5. The van der Waals surface area contributed by atoms with E-state index in [0.29, 0.717) is 13.1 Å². The van der Waals surface area contributed by atoms with Gasteiger partial charge in [0.15, 0.2) is 0 Å². The lowest BCUT2D eigenvalue weighted by atomic mass is 10.0. The third-order valence-corrected chi connectivity index (χ3v) is 4.08. The normalized spacial score (nSPS) is 17.4. The average molecular weight is 280 g/mol. The van der Waals surface area contributed by atoms with Crippen molar-refractivity contribution in [2.45, 2.75) is 44.8 Å². The average Bonchev–Trinajstić information content (AvgIpc) is 2.82. The molecule has 4 heteroatoms. The van der Waals surface area contributed by atoms with Crippen molar-refractivity contribution in [1.29, 1.82) is 0 Å². The van der Waals surface area contributed by atoms with Crippen LogP contribution in [-0.4, -0.2) is 30.8 Å². The highest BCUT2D eigenvalue weighted by atomic mass is 19.1. The van der Waals surface area contributed by atoms with E-state index in [-0.39, 0.29) is 5.82 Å². The summed E-state index contributed by atoms with van der Waals surface area (Å²) < 4.78 is 13.4. The van der Waals surface area contributed by atoms with Crippen molar-refractivity contribution in [3.8, 4) is 0 Å². The molecule has 2 N–H and O–H groups in total. The topological polar surface area (TPSA) is 35.5 Å². The molecule has 2 rings (SSSR count). The number of nitrogens with zero attached hydrogens (tertiary/aromatic N) is 1. The molecule has 3 nitrogen and oxygen atoms in total. The van der Waals surface area contributed by atoms with Crippen LogP contribution in [0.15, 0.2) is 18.2 Å². The maximum Gasteiger partial charge on any atom is 0.123 e. The predicted molar refractivity (Wildman–Crippen MR) is 80.5 cm³/mol. The van der Waals surface area contributed by atoms with E-state index >= 15 is 0 Å². The summed E-state index contributed by atoms with van der Waals surface area (Å²) in [6.45, 7) is 4.14. The molecule has 112 valence electrons. The number of likely N-dealkylation sites (N-methyl/N-ethyl adjacent to an activating group) is 1. The molecule has 1 aromatic rings. The van der Waals surface area contributed by atoms with Crippen LogP contribution in [0.2, 0.25) is 0 Å². The van der Waals surface area contributed by atoms with Crippen molar-refractivity contribution < 1.29 is 9.50 Å². The summed E-state index contributed by atoms with van der Waals surface area (Å²) >= 11 is 0. The molecule has 1 aromatic carbocycles. The molecule has 0 atom stereocenters. The number of hydrogen-bond donors (Lipinski definition) is 2. The van der Waals surface area contributed by atoms with Crippen LogP contribution in [0.5, 0.6) is 0 Å². The van der Waals surface area contributed by atoms with Crippen molar-refractivity contribution in [1.82, 2.24) is 5.32 Å². The Kier molecular flexibility index (Phi) is 5.00. The number of nitrogens with one attached hydrogen (secondary N) is 1. The van der Waals surface area contributed by atoms with E-state index in [1.807, 2.05) is 14.0 Å². The summed E-state index contributed by atoms with van der Waals surface area (Å²) in [5.41, 5.74) is 1.35. The molecule has 1 fully saturated rings. The molecule has 1 aliphatic carbocycles. The van der Waals surface area contributed by atoms with Crippen LogP contribution in [0.3, 0.4) is 0 Å². The second-order valence-corrected chi connectivity index (χ2v) is 5.84. The van der Waals surface area contributed by atoms with Crippen LogP contribution in [0.4, 0.5) is 10.1 Å². The third kappa shape index (κ3) is 3.70. The van der Waals surface area contributed by atoms with E-state index < -0.39 is 5.60 Å². The van der Waals surface area contributed by atoms with Crippen LogP contribution in [0.1, 0.15) is 38.2 Å². The first-order valence-electron chi connectivity index (χ1n) is 7.47. The van der Waals surface area contributed by atoms with Crippen LogP contribution in [-0.2, 0) is 6.54 Å². The summed E-state index contributed by atoms with van der Waals surface area (Å²) in [6, 6.07) is 4.87. The predicted octanol–water partition coefficient (Wildman–Crippen LogP) is 2.68. The van der Waals surface area contributed by atoms with Gasteiger partial charge in [-0.05, 0) is 43.1 Å². The highest BCUT2D eigenvalue weighted by Crippen LogP contribution is 2.32. The second-order valence-electron chi connectivity index (χ2n) is 5.84. The van der Waals surface area contributed by atoms with Gasteiger partial charge in [0.2, 0.25) is 0 Å². The number of aliphatic hydroxyl groups is 1.